The summed E-state index contributed by atoms with van der Waals surface area (Å²) in [6.45, 7) is 11.1. The van der Waals surface area contributed by atoms with E-state index in [0.29, 0.717) is 6.54 Å². The fraction of sp³-hybridized carbons (Fsp3) is 0.545. The summed E-state index contributed by atoms with van der Waals surface area (Å²) < 4.78 is 0. The van der Waals surface area contributed by atoms with E-state index in [1.165, 1.54) is 5.56 Å². The summed E-state index contributed by atoms with van der Waals surface area (Å²) in [7, 11) is 0. The van der Waals surface area contributed by atoms with Gasteiger partial charge in [0.1, 0.15) is 0 Å². The van der Waals surface area contributed by atoms with Crippen molar-refractivity contribution in [1.82, 2.24) is 0 Å². The smallest absolute Gasteiger partial charge is 0.231 e. The Labute approximate surface area is 162 Å². The topological polar surface area (TPSA) is 55.4 Å². The second-order valence-electron chi connectivity index (χ2n) is 8.41. The first-order chi connectivity index (χ1) is 12.2. The van der Waals surface area contributed by atoms with Crippen molar-refractivity contribution in [3.8, 4) is 0 Å². The standard InChI is InChI=1S/C22H31ClN2O/c1-6-7-17-20(21(23)26)19(15-10-8-14(2)9-11-15)16(13-24)18(25-17)12-22(3,4)5/h8-11,17,20H,6-7,12-13,24H2,1-5H3. The molecule has 1 aromatic carbocycles. The average Bonchev–Trinajstić information content (AvgIpc) is 2.53. The van der Waals surface area contributed by atoms with Gasteiger partial charge in [0.25, 0.3) is 0 Å². The van der Waals surface area contributed by atoms with Crippen LogP contribution in [0.1, 0.15) is 58.1 Å². The highest BCUT2D eigenvalue weighted by Crippen LogP contribution is 2.40. The number of hydrogen-bond acceptors (Lipinski definition) is 3. The minimum atomic E-state index is -0.429. The minimum Gasteiger partial charge on any atom is -0.326 e. The highest BCUT2D eigenvalue weighted by atomic mass is 35.5. The third kappa shape index (κ3) is 4.83. The summed E-state index contributed by atoms with van der Waals surface area (Å²) in [4.78, 5) is 17.4. The second-order valence-corrected chi connectivity index (χ2v) is 8.79. The maximum atomic E-state index is 12.4. The molecule has 26 heavy (non-hydrogen) atoms. The van der Waals surface area contributed by atoms with E-state index in [9.17, 15) is 4.79 Å². The second kappa shape index (κ2) is 8.49. The van der Waals surface area contributed by atoms with Crippen LogP contribution in [0, 0.1) is 18.3 Å². The number of dihydropyridines is 1. The zero-order valence-electron chi connectivity index (χ0n) is 16.6. The van der Waals surface area contributed by atoms with Crippen molar-refractivity contribution in [3.05, 3.63) is 41.0 Å². The molecule has 142 valence electrons. The predicted molar refractivity (Wildman–Crippen MR) is 112 cm³/mol. The zero-order chi connectivity index (χ0) is 19.5. The van der Waals surface area contributed by atoms with Gasteiger partial charge in [-0.3, -0.25) is 9.79 Å². The van der Waals surface area contributed by atoms with E-state index in [1.807, 2.05) is 0 Å². The van der Waals surface area contributed by atoms with Gasteiger partial charge in [0.2, 0.25) is 5.24 Å². The quantitative estimate of drug-likeness (QED) is 0.700. The molecule has 1 aliphatic heterocycles. The van der Waals surface area contributed by atoms with E-state index in [1.54, 1.807) is 0 Å². The fourth-order valence-corrected chi connectivity index (χ4v) is 3.90. The Kier molecular flexibility index (Phi) is 6.81. The lowest BCUT2D eigenvalue weighted by Gasteiger charge is -2.34. The summed E-state index contributed by atoms with van der Waals surface area (Å²) in [5.74, 6) is -0.429. The molecular weight excluding hydrogens is 344 g/mol. The first-order valence-electron chi connectivity index (χ1n) is 9.44. The Balaban J connectivity index is 2.67. The number of nitrogens with two attached hydrogens (primary N) is 1. The van der Waals surface area contributed by atoms with Crippen LogP contribution in [0.15, 0.2) is 34.8 Å². The Bertz CT molecular complexity index is 711. The highest BCUT2D eigenvalue weighted by molar-refractivity contribution is 6.65. The number of carbonyl (C=O) groups excluding carboxylic acids is 1. The number of hydrogen-bond donors (Lipinski definition) is 1. The summed E-state index contributed by atoms with van der Waals surface area (Å²) in [5, 5.41) is -0.344. The van der Waals surface area contributed by atoms with Crippen LogP contribution in [0.4, 0.5) is 0 Å². The first kappa shape index (κ1) is 20.9. The summed E-state index contributed by atoms with van der Waals surface area (Å²) in [5.41, 5.74) is 11.4. The number of aliphatic imine (C=N–C) groups is 1. The van der Waals surface area contributed by atoms with Crippen LogP contribution in [-0.4, -0.2) is 23.5 Å². The molecule has 0 fully saturated rings. The summed E-state index contributed by atoms with van der Waals surface area (Å²) in [6, 6.07) is 8.15. The Hall–Kier alpha value is -1.45. The van der Waals surface area contributed by atoms with Crippen molar-refractivity contribution in [2.45, 2.75) is 59.9 Å². The first-order valence-corrected chi connectivity index (χ1v) is 9.82. The number of aryl methyl sites for hydroxylation is 1. The fourth-order valence-electron chi connectivity index (χ4n) is 3.65. The van der Waals surface area contributed by atoms with Gasteiger partial charge in [-0.25, -0.2) is 0 Å². The van der Waals surface area contributed by atoms with Crippen LogP contribution in [0.5, 0.6) is 0 Å². The highest BCUT2D eigenvalue weighted by Gasteiger charge is 2.37. The molecule has 0 amide bonds. The summed E-state index contributed by atoms with van der Waals surface area (Å²) in [6.07, 6.45) is 2.62. The van der Waals surface area contributed by atoms with Crippen molar-refractivity contribution in [2.75, 3.05) is 6.54 Å². The molecule has 0 bridgehead atoms. The van der Waals surface area contributed by atoms with E-state index in [2.05, 4.69) is 58.9 Å². The number of carbonyl (C=O) groups is 1. The molecule has 0 spiro atoms. The molecule has 2 atom stereocenters. The Morgan fingerprint density at radius 1 is 1.23 bits per heavy atom. The third-order valence-electron chi connectivity index (χ3n) is 4.78. The van der Waals surface area contributed by atoms with Crippen LogP contribution < -0.4 is 5.73 Å². The Morgan fingerprint density at radius 2 is 1.85 bits per heavy atom. The zero-order valence-corrected chi connectivity index (χ0v) is 17.4. The molecule has 4 heteroatoms. The van der Waals surface area contributed by atoms with Crippen molar-refractivity contribution in [1.29, 1.82) is 0 Å². The SMILES string of the molecule is CCCC1N=C(CC(C)(C)C)C(CN)=C(c2ccc(C)cc2)C1C(=O)Cl. The van der Waals surface area contributed by atoms with Crippen LogP contribution in [0.2, 0.25) is 0 Å². The van der Waals surface area contributed by atoms with E-state index >= 15 is 0 Å². The number of halogens is 1. The monoisotopic (exact) mass is 374 g/mol. The van der Waals surface area contributed by atoms with Gasteiger partial charge in [-0.15, -0.1) is 0 Å². The molecule has 1 heterocycles. The average molecular weight is 375 g/mol. The van der Waals surface area contributed by atoms with Crippen LogP contribution >= 0.6 is 11.6 Å². The Morgan fingerprint density at radius 3 is 2.31 bits per heavy atom. The van der Waals surface area contributed by atoms with Gasteiger partial charge in [0.15, 0.2) is 0 Å². The molecule has 0 radical (unpaired) electrons. The van der Waals surface area contributed by atoms with Gasteiger partial charge < -0.3 is 5.73 Å². The molecule has 3 nitrogen and oxygen atoms in total. The van der Waals surface area contributed by atoms with Crippen LogP contribution in [0.3, 0.4) is 0 Å². The van der Waals surface area contributed by atoms with Gasteiger partial charge in [-0.1, -0.05) is 63.9 Å². The molecule has 0 saturated heterocycles. The normalized spacial score (nSPS) is 21.0. The van der Waals surface area contributed by atoms with Crippen molar-refractivity contribution < 1.29 is 4.79 Å². The maximum absolute atomic E-state index is 12.4. The number of nitrogens with zero attached hydrogens (tertiary/aromatic N) is 1. The van der Waals surface area contributed by atoms with Crippen LogP contribution in [-0.2, 0) is 4.79 Å². The van der Waals surface area contributed by atoms with E-state index in [-0.39, 0.29) is 16.7 Å². The molecule has 2 rings (SSSR count). The van der Waals surface area contributed by atoms with Crippen molar-refractivity contribution in [3.63, 3.8) is 0 Å². The molecule has 2 N–H and O–H groups in total. The summed E-state index contributed by atoms with van der Waals surface area (Å²) >= 11 is 6.08. The van der Waals surface area contributed by atoms with Crippen molar-refractivity contribution in [2.24, 2.45) is 22.1 Å². The maximum Gasteiger partial charge on any atom is 0.231 e. The van der Waals surface area contributed by atoms with Gasteiger partial charge >= 0.3 is 0 Å². The minimum absolute atomic E-state index is 0.0895. The number of benzene rings is 1. The van der Waals surface area contributed by atoms with Gasteiger partial charge in [-0.05, 0) is 53.5 Å². The lowest BCUT2D eigenvalue weighted by atomic mass is 9.76. The van der Waals surface area contributed by atoms with Gasteiger partial charge in [0.05, 0.1) is 12.0 Å². The molecular formula is C22H31ClN2O. The molecule has 2 unspecified atom stereocenters. The lowest BCUT2D eigenvalue weighted by molar-refractivity contribution is -0.114. The molecule has 0 aromatic heterocycles. The van der Waals surface area contributed by atoms with Gasteiger partial charge in [-0.2, -0.15) is 0 Å². The molecule has 1 aromatic rings. The molecule has 0 aliphatic carbocycles. The van der Waals surface area contributed by atoms with E-state index in [4.69, 9.17) is 22.3 Å². The molecule has 0 saturated carbocycles. The lowest BCUT2D eigenvalue weighted by Crippen LogP contribution is -2.35. The third-order valence-corrected chi connectivity index (χ3v) is 5.02. The largest absolute Gasteiger partial charge is 0.326 e. The van der Waals surface area contributed by atoms with E-state index in [0.717, 1.165) is 41.7 Å². The van der Waals surface area contributed by atoms with Crippen molar-refractivity contribution >= 4 is 28.1 Å². The molecule has 1 aliphatic rings. The van der Waals surface area contributed by atoms with E-state index < -0.39 is 5.92 Å². The predicted octanol–water partition coefficient (Wildman–Crippen LogP) is 5.15. The van der Waals surface area contributed by atoms with Gasteiger partial charge in [0, 0.05) is 12.3 Å². The number of rotatable bonds is 6. The van der Waals surface area contributed by atoms with Crippen LogP contribution in [0.25, 0.3) is 5.57 Å².